The van der Waals surface area contributed by atoms with Crippen molar-refractivity contribution in [3.8, 4) is 0 Å². The Kier molecular flexibility index (Phi) is 74.6. The number of amides is 1. The van der Waals surface area contributed by atoms with Gasteiger partial charge in [-0.05, 0) is 68.1 Å². The average Bonchev–Trinajstić information content (AvgIpc) is 3.70. The van der Waals surface area contributed by atoms with Crippen LogP contribution < -0.4 is 29.6 Å². The smallest absolute Gasteiger partial charge is 0.747 e. The van der Waals surface area contributed by atoms with Gasteiger partial charge < -0.3 is 54.1 Å². The summed E-state index contributed by atoms with van der Waals surface area (Å²) in [6, 6.07) is 0. The van der Waals surface area contributed by atoms with E-state index in [4.69, 9.17) is 43.7 Å². The maximum absolute atomic E-state index is 12.1. The molecule has 20 nitrogen and oxygen atoms in total. The number of aliphatic hydroxyl groups excluding tert-OH is 5. The van der Waals surface area contributed by atoms with E-state index < -0.39 is 47.7 Å². The van der Waals surface area contributed by atoms with Crippen molar-refractivity contribution >= 4 is 35.8 Å². The largest absolute Gasteiger partial charge is 1.00 e. The van der Waals surface area contributed by atoms with Gasteiger partial charge in [-0.1, -0.05) is 217 Å². The van der Waals surface area contributed by atoms with Crippen molar-refractivity contribution in [2.24, 2.45) is 29.6 Å². The minimum atomic E-state index is -5.01. The first-order chi connectivity index (χ1) is 42.1. The molecular formula is C66H136N2NaO18PS. The quantitative estimate of drug-likeness (QED) is 0.0109. The molecule has 1 amide bonds. The van der Waals surface area contributed by atoms with Crippen molar-refractivity contribution in [3.05, 3.63) is 0 Å². The molecule has 0 saturated carbocycles. The number of carbonyl (C=O) groups excluding carboxylic acids is 3. The van der Waals surface area contributed by atoms with E-state index in [9.17, 15) is 41.9 Å². The first kappa shape index (κ1) is 96.8. The summed E-state index contributed by atoms with van der Waals surface area (Å²) in [6.45, 7) is 26.9. The first-order valence-electron chi connectivity index (χ1n) is 34.7. The number of phosphoric ester groups is 1. The van der Waals surface area contributed by atoms with Crippen molar-refractivity contribution in [1.29, 1.82) is 0 Å². The molecule has 0 spiro atoms. The third-order valence-electron chi connectivity index (χ3n) is 15.9. The predicted octanol–water partition coefficient (Wildman–Crippen LogP) is 9.56. The van der Waals surface area contributed by atoms with Gasteiger partial charge in [-0.25, -0.2) is 13.0 Å². The normalized spacial score (nSPS) is 14.4. The van der Waals surface area contributed by atoms with Crippen LogP contribution in [-0.4, -0.2) is 181 Å². The summed E-state index contributed by atoms with van der Waals surface area (Å²) in [6.07, 6.45) is 29.9. The summed E-state index contributed by atoms with van der Waals surface area (Å²) in [4.78, 5) is 49.0. The van der Waals surface area contributed by atoms with Crippen molar-refractivity contribution in [1.82, 2.24) is 9.80 Å². The minimum Gasteiger partial charge on any atom is -0.747 e. The van der Waals surface area contributed by atoms with Gasteiger partial charge >= 0.3 is 49.3 Å². The Morgan fingerprint density at radius 1 is 0.483 bits per heavy atom. The molecule has 6 N–H and O–H groups in total. The van der Waals surface area contributed by atoms with Crippen LogP contribution in [0.25, 0.3) is 0 Å². The van der Waals surface area contributed by atoms with Crippen LogP contribution in [0.4, 0.5) is 0 Å². The second-order valence-corrected chi connectivity index (χ2v) is 26.6. The number of unbranched alkanes of at least 4 members (excludes halogenated alkanes) is 12. The fourth-order valence-electron chi connectivity index (χ4n) is 9.51. The zero-order valence-electron chi connectivity index (χ0n) is 58.7. The number of carbonyl (C=O) groups is 3. The fourth-order valence-corrected chi connectivity index (χ4v) is 11.0. The number of hydrogen-bond acceptors (Lipinski definition) is 18. The number of ether oxygens (including phenoxy) is 3. The summed E-state index contributed by atoms with van der Waals surface area (Å²) >= 11 is 0. The minimum absolute atomic E-state index is 0. The Morgan fingerprint density at radius 3 is 1.24 bits per heavy atom. The standard InChI is InChI=1S/C19H36O7S.C16H33NO3.C16H35O4P.C15H33NO4.Na/c1-5-9-11-16(8-4)13-25-18(20)12-17(27(22,23)24)19(21)26-14-15(7-3)10-6-2;1-2-3-4-5-6-7-8-9-10-11-16(20)17(12-14-18)13-15-19;1-5-9-11-15(7-3)13-19-21(17,18)20-14-16(8-4)12-10-6-2;1-3-5-6-14(4-2)12-20-13-15(19)11-16(7-9-17)8-10-18;/h15-17H,5-14H2,1-4H3,(H,22,23,24);18-19H,2-15H2,1H3;15-16H,5-14H2,1-4H3,(H,17,18);14-15,17-19H,3-13H2,1-2H3;/q;;;;+1/p-1. The molecule has 0 aromatic heterocycles. The maximum atomic E-state index is 12.1. The van der Waals surface area contributed by atoms with Gasteiger partial charge in [0.15, 0.2) is 5.25 Å². The van der Waals surface area contributed by atoms with Crippen molar-refractivity contribution < 1.29 is 115 Å². The molecular weight excluding hydrogens is 1190 g/mol. The second-order valence-electron chi connectivity index (χ2n) is 23.6. The van der Waals surface area contributed by atoms with E-state index in [0.29, 0.717) is 83.3 Å². The third kappa shape index (κ3) is 61.8. The van der Waals surface area contributed by atoms with E-state index in [-0.39, 0.29) is 86.9 Å². The summed E-state index contributed by atoms with van der Waals surface area (Å²) in [5.41, 5.74) is 0. The molecule has 0 aliphatic heterocycles. The zero-order chi connectivity index (χ0) is 67.3. The van der Waals surface area contributed by atoms with Crippen LogP contribution in [0.5, 0.6) is 0 Å². The van der Waals surface area contributed by atoms with Crippen LogP contribution in [0.1, 0.15) is 269 Å². The number of phosphoric acid groups is 1. The fraction of sp³-hybridized carbons (Fsp3) is 0.955. The second kappa shape index (κ2) is 68.5. The Morgan fingerprint density at radius 2 is 0.854 bits per heavy atom. The number of aliphatic hydroxyl groups is 5. The van der Waals surface area contributed by atoms with E-state index in [2.05, 4.69) is 55.4 Å². The molecule has 0 bridgehead atoms. The van der Waals surface area contributed by atoms with Gasteiger partial charge in [0, 0.05) is 45.8 Å². The molecule has 0 aliphatic rings. The Hall–Kier alpha value is -0.850. The van der Waals surface area contributed by atoms with Gasteiger partial charge in [0.25, 0.3) is 0 Å². The number of nitrogens with zero attached hydrogens (tertiary/aromatic N) is 2. The molecule has 0 rings (SSSR count). The van der Waals surface area contributed by atoms with Crippen LogP contribution in [0.15, 0.2) is 0 Å². The van der Waals surface area contributed by atoms with Crippen molar-refractivity contribution in [3.63, 3.8) is 0 Å². The van der Waals surface area contributed by atoms with E-state index in [1.807, 2.05) is 25.7 Å². The molecule has 0 aromatic carbocycles. The van der Waals surface area contributed by atoms with Gasteiger partial charge in [0.05, 0.1) is 72.0 Å². The average molecular weight is 1330 g/mol. The summed E-state index contributed by atoms with van der Waals surface area (Å²) in [5, 5.41) is 43.4. The SMILES string of the molecule is CCCCC(CC)COC(=O)CC(C(=O)OCC(CC)CCC)S(=O)(=O)[O-].CCCCC(CC)COCC(O)CN(CCO)CCO.CCCCC(CC)COP(=O)(O)OCC(CC)CCCC.CCCCCCCCCCCC(=O)N(CCO)CCO.[Na+]. The predicted molar refractivity (Wildman–Crippen MR) is 354 cm³/mol. The topological polar surface area (TPSA) is 299 Å². The number of hydrogen-bond donors (Lipinski definition) is 6. The van der Waals surface area contributed by atoms with E-state index in [0.717, 1.165) is 116 Å². The van der Waals surface area contributed by atoms with Crippen LogP contribution in [0, 0.1) is 29.6 Å². The van der Waals surface area contributed by atoms with Gasteiger partial charge in [-0.15, -0.1) is 0 Å². The van der Waals surface area contributed by atoms with Crippen molar-refractivity contribution in [2.75, 3.05) is 98.8 Å². The maximum Gasteiger partial charge on any atom is 1.00 e. The Bertz CT molecular complexity index is 1680. The van der Waals surface area contributed by atoms with Gasteiger partial charge in [-0.3, -0.25) is 28.3 Å². The molecule has 0 aromatic rings. The molecule has 0 saturated heterocycles. The van der Waals surface area contributed by atoms with Crippen molar-refractivity contribution in [2.45, 2.75) is 280 Å². The molecule has 0 fully saturated rings. The summed E-state index contributed by atoms with van der Waals surface area (Å²) in [7, 11) is -8.90. The summed E-state index contributed by atoms with van der Waals surface area (Å²) in [5.74, 6) is -0.440. The van der Waals surface area contributed by atoms with E-state index in [1.54, 1.807) is 4.90 Å². The monoisotopic (exact) mass is 1330 g/mol. The van der Waals surface area contributed by atoms with Crippen LogP contribution >= 0.6 is 7.82 Å². The first-order valence-corrected chi connectivity index (χ1v) is 37.7. The molecule has 7 atom stereocenters. The molecule has 0 aliphatic carbocycles. The molecule has 0 heterocycles. The van der Waals surface area contributed by atoms with Crippen LogP contribution in [0.2, 0.25) is 0 Å². The van der Waals surface area contributed by atoms with Gasteiger partial charge in [0.1, 0.15) is 10.1 Å². The summed E-state index contributed by atoms with van der Waals surface area (Å²) < 4.78 is 72.2. The van der Waals surface area contributed by atoms with Gasteiger partial charge in [0.2, 0.25) is 5.91 Å². The number of rotatable bonds is 57. The van der Waals surface area contributed by atoms with E-state index in [1.165, 1.54) is 64.2 Å². The molecule has 7 unspecified atom stereocenters. The molecule has 23 heteroatoms. The van der Waals surface area contributed by atoms with Crippen LogP contribution in [0.3, 0.4) is 0 Å². The van der Waals surface area contributed by atoms with Gasteiger partial charge in [-0.2, -0.15) is 0 Å². The Labute approximate surface area is 565 Å². The molecule has 89 heavy (non-hydrogen) atoms. The Balaban J connectivity index is -0.000000354. The number of esters is 2. The molecule has 530 valence electrons. The van der Waals surface area contributed by atoms with Crippen LogP contribution in [-0.2, 0) is 52.3 Å². The van der Waals surface area contributed by atoms with E-state index >= 15 is 0 Å². The zero-order valence-corrected chi connectivity index (χ0v) is 62.4. The third-order valence-corrected chi connectivity index (χ3v) is 17.9. The molecule has 0 radical (unpaired) electrons.